The fraction of sp³-hybridized carbons (Fsp3) is 0.174. The number of anilines is 3. The van der Waals surface area contributed by atoms with Crippen LogP contribution in [0.1, 0.15) is 0 Å². The Bertz CT molecular complexity index is 1420. The Hall–Kier alpha value is -3.98. The molecule has 160 valence electrons. The topological polar surface area (TPSA) is 83.4 Å². The highest BCUT2D eigenvalue weighted by Crippen LogP contribution is 2.29. The van der Waals surface area contributed by atoms with E-state index in [0.717, 1.165) is 22.3 Å². The van der Waals surface area contributed by atoms with Crippen LogP contribution in [-0.4, -0.2) is 50.6 Å². The summed E-state index contributed by atoms with van der Waals surface area (Å²) >= 11 is 0. The third-order valence-electron chi connectivity index (χ3n) is 5.65. The van der Waals surface area contributed by atoms with Gasteiger partial charge in [-0.15, -0.1) is 0 Å². The second-order valence-corrected chi connectivity index (χ2v) is 7.66. The maximum Gasteiger partial charge on any atom is 0.180 e. The van der Waals surface area contributed by atoms with Gasteiger partial charge in [-0.05, 0) is 30.3 Å². The first-order chi connectivity index (χ1) is 15.7. The maximum absolute atomic E-state index is 14.9. The molecule has 1 fully saturated rings. The van der Waals surface area contributed by atoms with Gasteiger partial charge in [0.2, 0.25) is 0 Å². The van der Waals surface area contributed by atoms with Crippen molar-refractivity contribution >= 4 is 33.9 Å². The zero-order chi connectivity index (χ0) is 21.5. The van der Waals surface area contributed by atoms with Crippen molar-refractivity contribution in [3.63, 3.8) is 0 Å². The molecule has 0 saturated carbocycles. The molecule has 0 atom stereocenters. The Labute approximate surface area is 182 Å². The Balaban J connectivity index is 1.36. The van der Waals surface area contributed by atoms with Crippen molar-refractivity contribution < 1.29 is 9.13 Å². The molecule has 2 N–H and O–H groups in total. The van der Waals surface area contributed by atoms with Gasteiger partial charge < -0.3 is 24.3 Å². The molecule has 0 unspecified atom stereocenters. The van der Waals surface area contributed by atoms with Gasteiger partial charge >= 0.3 is 0 Å². The maximum atomic E-state index is 14.9. The summed E-state index contributed by atoms with van der Waals surface area (Å²) in [5.41, 5.74) is 5.39. The molecule has 32 heavy (non-hydrogen) atoms. The van der Waals surface area contributed by atoms with Crippen LogP contribution in [0.4, 0.5) is 21.6 Å². The molecule has 2 aromatic carbocycles. The standard InChI is InChI=1S/C23H20FN7O/c24-17-12-16(2-4-21(17)30-7-9-32-10-8-30)28-22-23-25-5-6-31(23)13-20(29-22)15-1-3-18-19(11-15)27-14-26-18/h1-6,11-14H,7-10H2,(H,26,27)(H,28,29). The number of rotatable bonds is 4. The first kappa shape index (κ1) is 18.8. The van der Waals surface area contributed by atoms with Gasteiger partial charge in [0.15, 0.2) is 11.5 Å². The number of halogens is 1. The quantitative estimate of drug-likeness (QED) is 0.450. The van der Waals surface area contributed by atoms with Crippen molar-refractivity contribution in [2.75, 3.05) is 36.5 Å². The number of nitrogens with zero attached hydrogens (tertiary/aromatic N) is 5. The predicted molar refractivity (Wildman–Crippen MR) is 121 cm³/mol. The molecule has 0 spiro atoms. The van der Waals surface area contributed by atoms with E-state index >= 15 is 0 Å². The lowest BCUT2D eigenvalue weighted by atomic mass is 10.1. The van der Waals surface area contributed by atoms with E-state index in [4.69, 9.17) is 9.72 Å². The van der Waals surface area contributed by atoms with Crippen molar-refractivity contribution in [2.24, 2.45) is 0 Å². The minimum atomic E-state index is -0.280. The van der Waals surface area contributed by atoms with Crippen LogP contribution in [0.3, 0.4) is 0 Å². The summed E-state index contributed by atoms with van der Waals surface area (Å²) in [6.07, 6.45) is 7.17. The molecule has 8 nitrogen and oxygen atoms in total. The summed E-state index contributed by atoms with van der Waals surface area (Å²) in [6, 6.07) is 11.1. The zero-order valence-corrected chi connectivity index (χ0v) is 17.1. The van der Waals surface area contributed by atoms with Crippen molar-refractivity contribution in [3.05, 3.63) is 67.1 Å². The fourth-order valence-corrected chi connectivity index (χ4v) is 4.03. The van der Waals surface area contributed by atoms with Crippen molar-refractivity contribution in [1.82, 2.24) is 24.3 Å². The highest BCUT2D eigenvalue weighted by molar-refractivity contribution is 5.82. The molecule has 3 aromatic heterocycles. The number of imidazole rings is 2. The van der Waals surface area contributed by atoms with Gasteiger partial charge in [0.25, 0.3) is 0 Å². The van der Waals surface area contributed by atoms with Crippen molar-refractivity contribution in [3.8, 4) is 11.3 Å². The summed E-state index contributed by atoms with van der Waals surface area (Å²) in [4.78, 5) is 18.6. The number of H-pyrrole nitrogens is 1. The van der Waals surface area contributed by atoms with E-state index in [1.54, 1.807) is 18.6 Å². The van der Waals surface area contributed by atoms with Crippen LogP contribution < -0.4 is 10.2 Å². The highest BCUT2D eigenvalue weighted by atomic mass is 19.1. The third kappa shape index (κ3) is 3.32. The number of fused-ring (bicyclic) bond motifs is 2. The molecule has 1 aliphatic heterocycles. The molecule has 5 aromatic rings. The summed E-state index contributed by atoms with van der Waals surface area (Å²) in [5, 5.41) is 3.25. The number of ether oxygens (including phenoxy) is 1. The first-order valence-corrected chi connectivity index (χ1v) is 10.4. The van der Waals surface area contributed by atoms with Crippen LogP contribution >= 0.6 is 0 Å². The first-order valence-electron chi connectivity index (χ1n) is 10.4. The molecular weight excluding hydrogens is 409 g/mol. The molecule has 1 aliphatic rings. The third-order valence-corrected chi connectivity index (χ3v) is 5.65. The zero-order valence-electron chi connectivity index (χ0n) is 17.1. The number of hydrogen-bond donors (Lipinski definition) is 2. The fourth-order valence-electron chi connectivity index (χ4n) is 4.03. The van der Waals surface area contributed by atoms with E-state index in [-0.39, 0.29) is 5.82 Å². The number of benzene rings is 2. The van der Waals surface area contributed by atoms with E-state index in [1.807, 2.05) is 46.0 Å². The van der Waals surface area contributed by atoms with Gasteiger partial charge in [-0.3, -0.25) is 0 Å². The smallest absolute Gasteiger partial charge is 0.180 e. The predicted octanol–water partition coefficient (Wildman–Crippen LogP) is 3.99. The normalized spacial score (nSPS) is 14.3. The van der Waals surface area contributed by atoms with Crippen LogP contribution in [0.2, 0.25) is 0 Å². The molecule has 1 saturated heterocycles. The number of morpholine rings is 1. The SMILES string of the molecule is Fc1cc(Nc2nc(-c3ccc4nc[nH]c4c3)cn3ccnc23)ccc1N1CCOCC1. The summed E-state index contributed by atoms with van der Waals surface area (Å²) < 4.78 is 22.1. The highest BCUT2D eigenvalue weighted by Gasteiger charge is 2.16. The van der Waals surface area contributed by atoms with Crippen LogP contribution in [0.25, 0.3) is 27.9 Å². The molecule has 6 rings (SSSR count). The largest absolute Gasteiger partial charge is 0.378 e. The second-order valence-electron chi connectivity index (χ2n) is 7.66. The Morgan fingerprint density at radius 3 is 2.84 bits per heavy atom. The molecule has 9 heteroatoms. The monoisotopic (exact) mass is 429 g/mol. The molecular formula is C23H20FN7O. The van der Waals surface area contributed by atoms with E-state index < -0.39 is 0 Å². The van der Waals surface area contributed by atoms with Gasteiger partial charge in [-0.1, -0.05) is 6.07 Å². The minimum Gasteiger partial charge on any atom is -0.378 e. The van der Waals surface area contributed by atoms with Crippen LogP contribution in [0, 0.1) is 5.82 Å². The van der Waals surface area contributed by atoms with E-state index in [2.05, 4.69) is 20.3 Å². The van der Waals surface area contributed by atoms with E-state index in [1.165, 1.54) is 6.07 Å². The van der Waals surface area contributed by atoms with Gasteiger partial charge in [0, 0.05) is 42.9 Å². The number of hydrogen-bond acceptors (Lipinski definition) is 6. The molecule has 0 bridgehead atoms. The van der Waals surface area contributed by atoms with Crippen molar-refractivity contribution in [1.29, 1.82) is 0 Å². The molecule has 4 heterocycles. The van der Waals surface area contributed by atoms with Gasteiger partial charge in [0.1, 0.15) is 5.82 Å². The van der Waals surface area contributed by atoms with E-state index in [0.29, 0.717) is 49.1 Å². The molecule has 0 amide bonds. The lowest BCUT2D eigenvalue weighted by molar-refractivity contribution is 0.122. The Morgan fingerprint density at radius 2 is 1.97 bits per heavy atom. The average Bonchev–Trinajstić information content (AvgIpc) is 3.48. The Morgan fingerprint density at radius 1 is 1.06 bits per heavy atom. The lowest BCUT2D eigenvalue weighted by Crippen LogP contribution is -2.36. The van der Waals surface area contributed by atoms with Crippen LogP contribution in [0.15, 0.2) is 61.3 Å². The van der Waals surface area contributed by atoms with Crippen LogP contribution in [-0.2, 0) is 4.74 Å². The minimum absolute atomic E-state index is 0.280. The lowest BCUT2D eigenvalue weighted by Gasteiger charge is -2.29. The van der Waals surface area contributed by atoms with Crippen LogP contribution in [0.5, 0.6) is 0 Å². The average molecular weight is 429 g/mol. The van der Waals surface area contributed by atoms with Gasteiger partial charge in [-0.2, -0.15) is 0 Å². The second kappa shape index (κ2) is 7.61. The summed E-state index contributed by atoms with van der Waals surface area (Å²) in [6.45, 7) is 2.59. The summed E-state index contributed by atoms with van der Waals surface area (Å²) in [7, 11) is 0. The van der Waals surface area contributed by atoms with Gasteiger partial charge in [-0.25, -0.2) is 19.3 Å². The summed E-state index contributed by atoms with van der Waals surface area (Å²) in [5.74, 6) is 0.271. The van der Waals surface area contributed by atoms with E-state index in [9.17, 15) is 4.39 Å². The number of aromatic amines is 1. The molecule has 0 aliphatic carbocycles. The van der Waals surface area contributed by atoms with Gasteiger partial charge in [0.05, 0.1) is 42.0 Å². The Kier molecular flexibility index (Phi) is 4.46. The van der Waals surface area contributed by atoms with Crippen molar-refractivity contribution in [2.45, 2.75) is 0 Å². The molecule has 0 radical (unpaired) electrons. The number of nitrogens with one attached hydrogen (secondary N) is 2. The number of aromatic nitrogens is 5.